The van der Waals surface area contributed by atoms with Crippen molar-refractivity contribution in [3.63, 3.8) is 0 Å². The highest BCUT2D eigenvalue weighted by Gasteiger charge is 2.06. The molecule has 3 heteroatoms. The summed E-state index contributed by atoms with van der Waals surface area (Å²) < 4.78 is 10.9. The lowest BCUT2D eigenvalue weighted by Crippen LogP contribution is -1.82. The van der Waals surface area contributed by atoms with Crippen LogP contribution in [-0.4, -0.2) is 4.98 Å². The second-order valence-corrected chi connectivity index (χ2v) is 3.36. The minimum Gasteiger partial charge on any atom is -0.411 e. The summed E-state index contributed by atoms with van der Waals surface area (Å²) in [5.74, 6) is 0.717. The van der Waals surface area contributed by atoms with Crippen molar-refractivity contribution in [1.82, 2.24) is 4.98 Å². The Balaban J connectivity index is 1.95. The summed E-state index contributed by atoms with van der Waals surface area (Å²) in [6.07, 6.45) is 0.271. The maximum absolute atomic E-state index is 5.49. The van der Waals surface area contributed by atoms with Crippen molar-refractivity contribution in [2.24, 2.45) is 0 Å². The molecule has 0 N–H and O–H groups in total. The largest absolute Gasteiger partial charge is 0.411 e. The van der Waals surface area contributed by atoms with Crippen LogP contribution < -0.4 is 4.74 Å². The van der Waals surface area contributed by atoms with E-state index < -0.39 is 0 Å². The number of ether oxygens (including phenoxy) is 1. The average Bonchev–Trinajstić information content (AvgIpc) is 2.72. The van der Waals surface area contributed by atoms with Crippen LogP contribution in [0.25, 0.3) is 11.1 Å². The Morgan fingerprint density at radius 3 is 2.44 bits per heavy atom. The van der Waals surface area contributed by atoms with E-state index in [0.717, 1.165) is 11.1 Å². The maximum atomic E-state index is 5.49. The number of benzene rings is 2. The molecule has 16 heavy (non-hydrogen) atoms. The van der Waals surface area contributed by atoms with Gasteiger partial charge in [0.05, 0.1) is 0 Å². The topological polar surface area (TPSA) is 35.3 Å². The highest BCUT2D eigenvalue weighted by molar-refractivity contribution is 5.72. The van der Waals surface area contributed by atoms with E-state index in [1.807, 2.05) is 54.6 Å². The van der Waals surface area contributed by atoms with Crippen LogP contribution in [0.5, 0.6) is 11.8 Å². The zero-order chi connectivity index (χ0) is 10.8. The Hall–Kier alpha value is -2.29. The van der Waals surface area contributed by atoms with E-state index >= 15 is 0 Å². The molecule has 0 fully saturated rings. The lowest BCUT2D eigenvalue weighted by atomic mass is 10.3. The monoisotopic (exact) mass is 211 g/mol. The molecule has 0 saturated heterocycles. The predicted molar refractivity (Wildman–Crippen MR) is 60.5 cm³/mol. The minimum atomic E-state index is 0.271. The molecule has 3 nitrogen and oxygen atoms in total. The van der Waals surface area contributed by atoms with E-state index in [-0.39, 0.29) is 6.08 Å². The fourth-order valence-corrected chi connectivity index (χ4v) is 1.48. The van der Waals surface area contributed by atoms with Crippen molar-refractivity contribution in [2.75, 3.05) is 0 Å². The van der Waals surface area contributed by atoms with Gasteiger partial charge in [-0.2, -0.15) is 4.98 Å². The van der Waals surface area contributed by atoms with Gasteiger partial charge in [-0.15, -0.1) is 0 Å². The van der Waals surface area contributed by atoms with Crippen molar-refractivity contribution in [1.29, 1.82) is 0 Å². The fourth-order valence-electron chi connectivity index (χ4n) is 1.48. The lowest BCUT2D eigenvalue weighted by molar-refractivity contribution is 0.343. The smallest absolute Gasteiger partial charge is 0.400 e. The van der Waals surface area contributed by atoms with E-state index in [0.29, 0.717) is 5.75 Å². The molecule has 1 heterocycles. The van der Waals surface area contributed by atoms with Gasteiger partial charge in [-0.05, 0) is 24.3 Å². The summed E-state index contributed by atoms with van der Waals surface area (Å²) in [5.41, 5.74) is 1.53. The molecule has 0 aliphatic heterocycles. The third-order valence-electron chi connectivity index (χ3n) is 2.22. The number of fused-ring (bicyclic) bond motifs is 1. The van der Waals surface area contributed by atoms with Crippen LogP contribution in [0.4, 0.5) is 0 Å². The molecule has 0 unspecified atom stereocenters. The molecule has 0 radical (unpaired) electrons. The van der Waals surface area contributed by atoms with Gasteiger partial charge in [-0.25, -0.2) is 0 Å². The van der Waals surface area contributed by atoms with E-state index in [9.17, 15) is 0 Å². The SMILES string of the molecule is c1ccc(Oc2nc3ccccc3o2)cc1. The zero-order valence-corrected chi connectivity index (χ0v) is 8.46. The van der Waals surface area contributed by atoms with Gasteiger partial charge >= 0.3 is 6.08 Å². The van der Waals surface area contributed by atoms with Gasteiger partial charge in [0.1, 0.15) is 11.3 Å². The third-order valence-corrected chi connectivity index (χ3v) is 2.22. The molecule has 78 valence electrons. The van der Waals surface area contributed by atoms with Crippen LogP contribution in [-0.2, 0) is 0 Å². The van der Waals surface area contributed by atoms with Gasteiger partial charge in [0.2, 0.25) is 0 Å². The number of rotatable bonds is 2. The highest BCUT2D eigenvalue weighted by Crippen LogP contribution is 2.24. The summed E-state index contributed by atoms with van der Waals surface area (Å²) in [6, 6.07) is 17.0. The van der Waals surface area contributed by atoms with Crippen molar-refractivity contribution < 1.29 is 9.15 Å². The summed E-state index contributed by atoms with van der Waals surface area (Å²) in [6.45, 7) is 0. The molecule has 3 aromatic rings. The number of hydrogen-bond acceptors (Lipinski definition) is 3. The zero-order valence-electron chi connectivity index (χ0n) is 8.46. The Kier molecular flexibility index (Phi) is 2.07. The first kappa shape index (κ1) is 8.97. The minimum absolute atomic E-state index is 0.271. The standard InChI is InChI=1S/C13H9NO2/c1-2-6-10(7-3-1)15-13-14-11-8-4-5-9-12(11)16-13/h1-9H. The molecule has 0 aliphatic rings. The second kappa shape index (κ2) is 3.70. The molecule has 1 aromatic heterocycles. The van der Waals surface area contributed by atoms with E-state index in [1.54, 1.807) is 0 Å². The van der Waals surface area contributed by atoms with Crippen LogP contribution in [0.1, 0.15) is 0 Å². The van der Waals surface area contributed by atoms with Crippen molar-refractivity contribution in [3.05, 3.63) is 54.6 Å². The number of para-hydroxylation sites is 3. The van der Waals surface area contributed by atoms with Gasteiger partial charge in [0.25, 0.3) is 0 Å². The van der Waals surface area contributed by atoms with E-state index in [1.165, 1.54) is 0 Å². The lowest BCUT2D eigenvalue weighted by Gasteiger charge is -1.97. The van der Waals surface area contributed by atoms with Crippen LogP contribution in [0.2, 0.25) is 0 Å². The summed E-state index contributed by atoms with van der Waals surface area (Å²) in [7, 11) is 0. The van der Waals surface area contributed by atoms with Gasteiger partial charge in [0.15, 0.2) is 5.58 Å². The summed E-state index contributed by atoms with van der Waals surface area (Å²) in [5, 5.41) is 0. The first-order valence-electron chi connectivity index (χ1n) is 5.00. The van der Waals surface area contributed by atoms with Gasteiger partial charge < -0.3 is 9.15 Å². The Bertz CT molecular complexity index is 568. The Morgan fingerprint density at radius 2 is 1.62 bits per heavy atom. The summed E-state index contributed by atoms with van der Waals surface area (Å²) >= 11 is 0. The second-order valence-electron chi connectivity index (χ2n) is 3.36. The van der Waals surface area contributed by atoms with Crippen molar-refractivity contribution >= 4 is 11.1 Å². The first-order chi connectivity index (χ1) is 7.92. The predicted octanol–water partition coefficient (Wildman–Crippen LogP) is 3.62. The first-order valence-corrected chi connectivity index (χ1v) is 5.00. The molecular formula is C13H9NO2. The molecule has 0 saturated carbocycles. The molecule has 0 atom stereocenters. The van der Waals surface area contributed by atoms with Gasteiger partial charge in [0, 0.05) is 0 Å². The molecule has 0 aliphatic carbocycles. The summed E-state index contributed by atoms with van der Waals surface area (Å²) in [4.78, 5) is 4.22. The number of nitrogens with zero attached hydrogens (tertiary/aromatic N) is 1. The molecule has 0 spiro atoms. The average molecular weight is 211 g/mol. The van der Waals surface area contributed by atoms with Crippen molar-refractivity contribution in [2.45, 2.75) is 0 Å². The molecule has 3 rings (SSSR count). The normalized spacial score (nSPS) is 10.5. The van der Waals surface area contributed by atoms with Crippen LogP contribution >= 0.6 is 0 Å². The number of oxazole rings is 1. The maximum Gasteiger partial charge on any atom is 0.400 e. The van der Waals surface area contributed by atoms with Crippen LogP contribution in [0.15, 0.2) is 59.0 Å². The van der Waals surface area contributed by atoms with Crippen LogP contribution in [0.3, 0.4) is 0 Å². The number of hydrogen-bond donors (Lipinski definition) is 0. The number of aromatic nitrogens is 1. The fraction of sp³-hybridized carbons (Fsp3) is 0. The molecular weight excluding hydrogens is 202 g/mol. The third kappa shape index (κ3) is 1.63. The Morgan fingerprint density at radius 1 is 0.875 bits per heavy atom. The quantitative estimate of drug-likeness (QED) is 0.649. The van der Waals surface area contributed by atoms with Crippen molar-refractivity contribution in [3.8, 4) is 11.8 Å². The molecule has 0 bridgehead atoms. The van der Waals surface area contributed by atoms with Gasteiger partial charge in [-0.3, -0.25) is 0 Å². The molecule has 0 amide bonds. The van der Waals surface area contributed by atoms with Gasteiger partial charge in [-0.1, -0.05) is 30.3 Å². The van der Waals surface area contributed by atoms with E-state index in [4.69, 9.17) is 9.15 Å². The van der Waals surface area contributed by atoms with E-state index in [2.05, 4.69) is 4.98 Å². The van der Waals surface area contributed by atoms with Crippen LogP contribution in [0, 0.1) is 0 Å². The highest BCUT2D eigenvalue weighted by atomic mass is 16.6. The Labute approximate surface area is 92.3 Å². The molecule has 2 aromatic carbocycles.